The SMILES string of the molecule is c1ccc(-c2ccccc2-c2c(-c3ccccc3)cccc2N(c2ccc3c(c2)-c2ccccc2C3(c2ccccc2)c2ccccc2)c2ccc3ccccc3c2)cc1. The fourth-order valence-corrected chi connectivity index (χ4v) is 9.76. The molecular weight excluding hydrogens is 723 g/mol. The number of hydrogen-bond acceptors (Lipinski definition) is 1. The number of nitrogens with zero attached hydrogens (tertiary/aromatic N) is 1. The molecule has 0 N–H and O–H groups in total. The van der Waals surface area contributed by atoms with Crippen LogP contribution in [0.1, 0.15) is 22.3 Å². The Labute approximate surface area is 352 Å². The standard InChI is InChI=1S/C59H41N/c1-5-21-43(22-6-1)50-30-15-16-32-53(50)58-51(44-23-7-2-8-24-44)33-19-35-57(58)60(48-37-36-42-20-13-14-25-45(42)40-48)49-38-39-56-54(41-49)52-31-17-18-34-55(52)59(56,46-26-9-3-10-27-46)47-28-11-4-12-29-47/h1-41H. The van der Waals surface area contributed by atoms with Crippen LogP contribution in [0.4, 0.5) is 17.1 Å². The predicted molar refractivity (Wildman–Crippen MR) is 252 cm³/mol. The summed E-state index contributed by atoms with van der Waals surface area (Å²) in [6.45, 7) is 0. The van der Waals surface area contributed by atoms with Crippen LogP contribution >= 0.6 is 0 Å². The Kier molecular flexibility index (Phi) is 8.79. The van der Waals surface area contributed by atoms with Crippen molar-refractivity contribution in [3.63, 3.8) is 0 Å². The van der Waals surface area contributed by atoms with Crippen LogP contribution in [0.15, 0.2) is 249 Å². The van der Waals surface area contributed by atoms with E-state index in [0.29, 0.717) is 0 Å². The highest BCUT2D eigenvalue weighted by Crippen LogP contribution is 2.58. The Bertz CT molecular complexity index is 3090. The number of anilines is 3. The molecule has 10 aromatic rings. The average molecular weight is 764 g/mol. The third-order valence-electron chi connectivity index (χ3n) is 12.3. The molecule has 0 fully saturated rings. The van der Waals surface area contributed by atoms with E-state index in [0.717, 1.165) is 17.1 Å². The second-order valence-corrected chi connectivity index (χ2v) is 15.6. The Hall–Kier alpha value is -7.74. The summed E-state index contributed by atoms with van der Waals surface area (Å²) in [5.74, 6) is 0. The minimum atomic E-state index is -0.478. The summed E-state index contributed by atoms with van der Waals surface area (Å²) in [5, 5.41) is 2.41. The molecule has 0 spiro atoms. The quantitative estimate of drug-likeness (QED) is 0.149. The van der Waals surface area contributed by atoms with Gasteiger partial charge in [-0.2, -0.15) is 0 Å². The van der Waals surface area contributed by atoms with Crippen molar-refractivity contribution in [3.8, 4) is 44.5 Å². The van der Waals surface area contributed by atoms with Gasteiger partial charge in [0.15, 0.2) is 0 Å². The number of rotatable bonds is 8. The molecular formula is C59H41N. The molecule has 0 saturated carbocycles. The maximum Gasteiger partial charge on any atom is 0.0713 e. The van der Waals surface area contributed by atoms with Crippen molar-refractivity contribution in [2.45, 2.75) is 5.41 Å². The van der Waals surface area contributed by atoms with Crippen molar-refractivity contribution >= 4 is 27.8 Å². The Morgan fingerprint density at radius 2 is 0.767 bits per heavy atom. The van der Waals surface area contributed by atoms with Gasteiger partial charge in [-0.1, -0.05) is 218 Å². The zero-order chi connectivity index (χ0) is 39.9. The van der Waals surface area contributed by atoms with Crippen LogP contribution in [-0.2, 0) is 5.41 Å². The van der Waals surface area contributed by atoms with Gasteiger partial charge in [-0.05, 0) is 102 Å². The van der Waals surface area contributed by atoms with E-state index in [-0.39, 0.29) is 0 Å². The molecule has 10 aromatic carbocycles. The lowest BCUT2D eigenvalue weighted by molar-refractivity contribution is 0.768. The van der Waals surface area contributed by atoms with Gasteiger partial charge >= 0.3 is 0 Å². The topological polar surface area (TPSA) is 3.24 Å². The summed E-state index contributed by atoms with van der Waals surface area (Å²) in [4.78, 5) is 2.49. The van der Waals surface area contributed by atoms with Crippen molar-refractivity contribution in [2.75, 3.05) is 4.90 Å². The first-order chi connectivity index (χ1) is 29.8. The van der Waals surface area contributed by atoms with Gasteiger partial charge in [0.05, 0.1) is 11.1 Å². The molecule has 0 atom stereocenters. The summed E-state index contributed by atoms with van der Waals surface area (Å²) >= 11 is 0. The lowest BCUT2D eigenvalue weighted by atomic mass is 9.68. The number of benzene rings is 10. The van der Waals surface area contributed by atoms with Gasteiger partial charge in [0, 0.05) is 16.9 Å². The van der Waals surface area contributed by atoms with E-state index in [1.807, 2.05) is 0 Å². The van der Waals surface area contributed by atoms with E-state index in [1.54, 1.807) is 0 Å². The summed E-state index contributed by atoms with van der Waals surface area (Å²) in [7, 11) is 0. The molecule has 1 heteroatoms. The lowest BCUT2D eigenvalue weighted by Gasteiger charge is -2.34. The highest BCUT2D eigenvalue weighted by molar-refractivity contribution is 6.02. The van der Waals surface area contributed by atoms with Crippen LogP contribution in [0.25, 0.3) is 55.3 Å². The summed E-state index contributed by atoms with van der Waals surface area (Å²) < 4.78 is 0. The summed E-state index contributed by atoms with van der Waals surface area (Å²) in [6.07, 6.45) is 0. The first-order valence-corrected chi connectivity index (χ1v) is 20.8. The maximum atomic E-state index is 2.49. The van der Waals surface area contributed by atoms with E-state index in [1.165, 1.54) is 77.5 Å². The van der Waals surface area contributed by atoms with Crippen molar-refractivity contribution < 1.29 is 0 Å². The van der Waals surface area contributed by atoms with Gasteiger partial charge < -0.3 is 4.90 Å². The Balaban J connectivity index is 1.22. The number of fused-ring (bicyclic) bond motifs is 4. The molecule has 0 aliphatic heterocycles. The minimum Gasteiger partial charge on any atom is -0.310 e. The van der Waals surface area contributed by atoms with E-state index in [9.17, 15) is 0 Å². The van der Waals surface area contributed by atoms with Crippen LogP contribution in [0.2, 0.25) is 0 Å². The second kappa shape index (κ2) is 14.9. The maximum absolute atomic E-state index is 2.49. The Morgan fingerprint density at radius 1 is 0.283 bits per heavy atom. The zero-order valence-electron chi connectivity index (χ0n) is 33.1. The van der Waals surface area contributed by atoms with E-state index >= 15 is 0 Å². The lowest BCUT2D eigenvalue weighted by Crippen LogP contribution is -2.28. The van der Waals surface area contributed by atoms with Gasteiger partial charge in [-0.15, -0.1) is 0 Å². The smallest absolute Gasteiger partial charge is 0.0713 e. The molecule has 1 aliphatic carbocycles. The van der Waals surface area contributed by atoms with Crippen LogP contribution in [0, 0.1) is 0 Å². The Morgan fingerprint density at radius 3 is 1.45 bits per heavy atom. The molecule has 0 heterocycles. The molecule has 0 amide bonds. The third-order valence-corrected chi connectivity index (χ3v) is 12.3. The molecule has 60 heavy (non-hydrogen) atoms. The summed E-state index contributed by atoms with van der Waals surface area (Å²) in [6, 6.07) is 91.1. The van der Waals surface area contributed by atoms with Gasteiger partial charge in [-0.3, -0.25) is 0 Å². The predicted octanol–water partition coefficient (Wildman–Crippen LogP) is 15.7. The molecule has 1 nitrogen and oxygen atoms in total. The largest absolute Gasteiger partial charge is 0.310 e. The van der Waals surface area contributed by atoms with Gasteiger partial charge in [-0.25, -0.2) is 0 Å². The molecule has 0 aromatic heterocycles. The first kappa shape index (κ1) is 35.4. The van der Waals surface area contributed by atoms with Crippen LogP contribution in [0.3, 0.4) is 0 Å². The minimum absolute atomic E-state index is 0.478. The van der Waals surface area contributed by atoms with Crippen molar-refractivity contribution in [2.24, 2.45) is 0 Å². The fraction of sp³-hybridized carbons (Fsp3) is 0.0169. The molecule has 0 saturated heterocycles. The molecule has 0 radical (unpaired) electrons. The fourth-order valence-electron chi connectivity index (χ4n) is 9.76. The van der Waals surface area contributed by atoms with Crippen LogP contribution in [-0.4, -0.2) is 0 Å². The highest BCUT2D eigenvalue weighted by atomic mass is 15.1. The van der Waals surface area contributed by atoms with E-state index in [4.69, 9.17) is 0 Å². The molecule has 0 unspecified atom stereocenters. The van der Waals surface area contributed by atoms with Crippen molar-refractivity contribution in [1.82, 2.24) is 0 Å². The third kappa shape index (κ3) is 5.78. The average Bonchev–Trinajstić information content (AvgIpc) is 3.63. The van der Waals surface area contributed by atoms with Crippen LogP contribution < -0.4 is 4.90 Å². The monoisotopic (exact) mass is 763 g/mol. The molecule has 0 bridgehead atoms. The van der Waals surface area contributed by atoms with Crippen molar-refractivity contribution in [3.05, 3.63) is 271 Å². The number of hydrogen-bond donors (Lipinski definition) is 0. The zero-order valence-corrected chi connectivity index (χ0v) is 33.1. The second-order valence-electron chi connectivity index (χ2n) is 15.6. The summed E-state index contributed by atoms with van der Waals surface area (Å²) in [5.41, 5.74) is 17.5. The highest BCUT2D eigenvalue weighted by Gasteiger charge is 2.46. The molecule has 1 aliphatic rings. The van der Waals surface area contributed by atoms with E-state index < -0.39 is 5.41 Å². The normalized spacial score (nSPS) is 12.5. The van der Waals surface area contributed by atoms with Crippen LogP contribution in [0.5, 0.6) is 0 Å². The van der Waals surface area contributed by atoms with Gasteiger partial charge in [0.2, 0.25) is 0 Å². The van der Waals surface area contributed by atoms with Gasteiger partial charge in [0.25, 0.3) is 0 Å². The van der Waals surface area contributed by atoms with E-state index in [2.05, 4.69) is 254 Å². The van der Waals surface area contributed by atoms with Gasteiger partial charge in [0.1, 0.15) is 0 Å². The van der Waals surface area contributed by atoms with Crippen molar-refractivity contribution in [1.29, 1.82) is 0 Å². The molecule has 282 valence electrons. The molecule has 11 rings (SSSR count). The first-order valence-electron chi connectivity index (χ1n) is 20.8.